The summed E-state index contributed by atoms with van der Waals surface area (Å²) < 4.78 is 20.8. The van der Waals surface area contributed by atoms with Crippen molar-refractivity contribution in [1.82, 2.24) is 4.90 Å². The smallest absolute Gasteiger partial charge is 0.307 e. The van der Waals surface area contributed by atoms with E-state index < -0.39 is 0 Å². The van der Waals surface area contributed by atoms with E-state index in [0.717, 1.165) is 5.75 Å². The molecule has 25 heavy (non-hydrogen) atoms. The number of hydrogen-bond acceptors (Lipinski definition) is 6. The fraction of sp³-hybridized carbons (Fsp3) is 0.556. The predicted octanol–water partition coefficient (Wildman–Crippen LogP) is 1.89. The first-order chi connectivity index (χ1) is 12.1. The summed E-state index contributed by atoms with van der Waals surface area (Å²) in [6.07, 6.45) is 0.145. The van der Waals surface area contributed by atoms with E-state index >= 15 is 0 Å². The van der Waals surface area contributed by atoms with Crippen molar-refractivity contribution in [1.29, 1.82) is 0 Å². The van der Waals surface area contributed by atoms with Gasteiger partial charge in [-0.15, -0.1) is 0 Å². The van der Waals surface area contributed by atoms with E-state index in [1.807, 2.05) is 6.92 Å². The first kappa shape index (κ1) is 20.8. The van der Waals surface area contributed by atoms with E-state index in [-0.39, 0.29) is 31.4 Å². The Morgan fingerprint density at radius 1 is 0.960 bits per heavy atom. The van der Waals surface area contributed by atoms with Gasteiger partial charge in [0.25, 0.3) is 5.91 Å². The van der Waals surface area contributed by atoms with Gasteiger partial charge in [-0.05, 0) is 38.1 Å². The van der Waals surface area contributed by atoms with Gasteiger partial charge in [0, 0.05) is 20.2 Å². The molecular formula is C18H27NO6. The summed E-state index contributed by atoms with van der Waals surface area (Å²) in [6, 6.07) is 7.06. The van der Waals surface area contributed by atoms with Gasteiger partial charge in [-0.25, -0.2) is 0 Å². The number of benzene rings is 1. The maximum absolute atomic E-state index is 12.3. The second kappa shape index (κ2) is 12.1. The fourth-order valence-electron chi connectivity index (χ4n) is 2.06. The SMILES string of the molecule is CCOC(=O)CCN(CCOC)C(=O)COc1ccc(OCC)cc1. The molecule has 1 amide bonds. The van der Waals surface area contributed by atoms with E-state index in [9.17, 15) is 9.59 Å². The highest BCUT2D eigenvalue weighted by Crippen LogP contribution is 2.17. The molecule has 0 bridgehead atoms. The van der Waals surface area contributed by atoms with Crippen LogP contribution in [0.15, 0.2) is 24.3 Å². The van der Waals surface area contributed by atoms with Gasteiger partial charge in [-0.1, -0.05) is 0 Å². The molecule has 0 N–H and O–H groups in total. The molecular weight excluding hydrogens is 326 g/mol. The Balaban J connectivity index is 2.50. The number of amides is 1. The van der Waals surface area contributed by atoms with E-state index in [0.29, 0.717) is 32.1 Å². The first-order valence-corrected chi connectivity index (χ1v) is 8.38. The third-order valence-electron chi connectivity index (χ3n) is 3.31. The Bertz CT molecular complexity index is 517. The largest absolute Gasteiger partial charge is 0.494 e. The number of carbonyl (C=O) groups is 2. The number of methoxy groups -OCH3 is 1. The van der Waals surface area contributed by atoms with Crippen LogP contribution in [0.1, 0.15) is 20.3 Å². The number of rotatable bonds is 12. The second-order valence-electron chi connectivity index (χ2n) is 5.12. The standard InChI is InChI=1S/C18H27NO6/c1-4-23-15-6-8-16(9-7-15)25-14-17(20)19(12-13-22-3)11-10-18(21)24-5-2/h6-9H,4-5,10-14H2,1-3H3. The summed E-state index contributed by atoms with van der Waals surface area (Å²) in [5.74, 6) is 0.784. The summed E-state index contributed by atoms with van der Waals surface area (Å²) >= 11 is 0. The Morgan fingerprint density at radius 2 is 1.60 bits per heavy atom. The van der Waals surface area contributed by atoms with Gasteiger partial charge in [0.1, 0.15) is 11.5 Å². The molecule has 1 aromatic carbocycles. The van der Waals surface area contributed by atoms with Crippen LogP contribution in [0.2, 0.25) is 0 Å². The monoisotopic (exact) mass is 353 g/mol. The topological polar surface area (TPSA) is 74.3 Å². The minimum atomic E-state index is -0.329. The molecule has 7 heteroatoms. The molecule has 140 valence electrons. The molecule has 0 saturated heterocycles. The van der Waals surface area contributed by atoms with Crippen molar-refractivity contribution in [2.75, 3.05) is 46.6 Å². The Labute approximate surface area is 148 Å². The number of esters is 1. The molecule has 7 nitrogen and oxygen atoms in total. The van der Waals surface area contributed by atoms with Crippen LogP contribution in [0, 0.1) is 0 Å². The van der Waals surface area contributed by atoms with Crippen molar-refractivity contribution >= 4 is 11.9 Å². The van der Waals surface area contributed by atoms with Crippen molar-refractivity contribution in [2.45, 2.75) is 20.3 Å². The fourth-order valence-corrected chi connectivity index (χ4v) is 2.06. The van der Waals surface area contributed by atoms with Gasteiger partial charge in [0.05, 0.1) is 26.2 Å². The van der Waals surface area contributed by atoms with E-state index in [4.69, 9.17) is 18.9 Å². The molecule has 0 heterocycles. The molecule has 0 aromatic heterocycles. The van der Waals surface area contributed by atoms with Crippen molar-refractivity contribution in [2.24, 2.45) is 0 Å². The van der Waals surface area contributed by atoms with Gasteiger partial charge < -0.3 is 23.8 Å². The van der Waals surface area contributed by atoms with Gasteiger partial charge >= 0.3 is 5.97 Å². The summed E-state index contributed by atoms with van der Waals surface area (Å²) in [5.41, 5.74) is 0. The molecule has 1 aromatic rings. The Kier molecular flexibility index (Phi) is 10.1. The highest BCUT2D eigenvalue weighted by Gasteiger charge is 2.16. The Morgan fingerprint density at radius 3 is 2.16 bits per heavy atom. The summed E-state index contributed by atoms with van der Waals surface area (Å²) in [5, 5.41) is 0. The highest BCUT2D eigenvalue weighted by molar-refractivity contribution is 5.78. The van der Waals surface area contributed by atoms with Gasteiger partial charge in [-0.3, -0.25) is 9.59 Å². The molecule has 0 aliphatic rings. The molecule has 0 spiro atoms. The van der Waals surface area contributed by atoms with Gasteiger partial charge in [0.15, 0.2) is 6.61 Å². The van der Waals surface area contributed by atoms with Crippen molar-refractivity contribution in [3.05, 3.63) is 24.3 Å². The van der Waals surface area contributed by atoms with Crippen molar-refractivity contribution < 1.29 is 28.5 Å². The van der Waals surface area contributed by atoms with Crippen LogP contribution in [0.25, 0.3) is 0 Å². The molecule has 0 radical (unpaired) electrons. The predicted molar refractivity (Wildman–Crippen MR) is 92.8 cm³/mol. The molecule has 0 atom stereocenters. The van der Waals surface area contributed by atoms with Crippen LogP contribution in [-0.4, -0.2) is 63.4 Å². The highest BCUT2D eigenvalue weighted by atomic mass is 16.5. The number of nitrogens with zero attached hydrogens (tertiary/aromatic N) is 1. The normalized spacial score (nSPS) is 10.2. The van der Waals surface area contributed by atoms with Crippen LogP contribution in [-0.2, 0) is 19.1 Å². The van der Waals surface area contributed by atoms with E-state index in [2.05, 4.69) is 0 Å². The first-order valence-electron chi connectivity index (χ1n) is 8.38. The van der Waals surface area contributed by atoms with E-state index in [1.54, 1.807) is 38.3 Å². The molecule has 0 saturated carbocycles. The lowest BCUT2D eigenvalue weighted by Gasteiger charge is -2.22. The lowest BCUT2D eigenvalue weighted by Crippen LogP contribution is -2.38. The van der Waals surface area contributed by atoms with Crippen LogP contribution >= 0.6 is 0 Å². The maximum Gasteiger partial charge on any atom is 0.307 e. The Hall–Kier alpha value is -2.28. The second-order valence-corrected chi connectivity index (χ2v) is 5.12. The van der Waals surface area contributed by atoms with E-state index in [1.165, 1.54) is 4.90 Å². The van der Waals surface area contributed by atoms with Crippen molar-refractivity contribution in [3.63, 3.8) is 0 Å². The van der Waals surface area contributed by atoms with Crippen LogP contribution in [0.5, 0.6) is 11.5 Å². The minimum absolute atomic E-state index is 0.111. The zero-order valence-electron chi connectivity index (χ0n) is 15.2. The quantitative estimate of drug-likeness (QED) is 0.534. The third-order valence-corrected chi connectivity index (χ3v) is 3.31. The van der Waals surface area contributed by atoms with Gasteiger partial charge in [0.2, 0.25) is 0 Å². The summed E-state index contributed by atoms with van der Waals surface area (Å²) in [7, 11) is 1.56. The zero-order valence-corrected chi connectivity index (χ0v) is 15.2. The molecule has 0 aliphatic heterocycles. The molecule has 0 fully saturated rings. The van der Waals surface area contributed by atoms with Crippen LogP contribution in [0.3, 0.4) is 0 Å². The van der Waals surface area contributed by atoms with Crippen molar-refractivity contribution in [3.8, 4) is 11.5 Å². The zero-order chi connectivity index (χ0) is 18.5. The average Bonchev–Trinajstić information content (AvgIpc) is 2.61. The summed E-state index contributed by atoms with van der Waals surface area (Å²) in [4.78, 5) is 25.3. The lowest BCUT2D eigenvalue weighted by molar-refractivity contribution is -0.144. The number of carbonyl (C=O) groups excluding carboxylic acids is 2. The maximum atomic E-state index is 12.3. The van der Waals surface area contributed by atoms with Gasteiger partial charge in [-0.2, -0.15) is 0 Å². The molecule has 0 aliphatic carbocycles. The minimum Gasteiger partial charge on any atom is -0.494 e. The third kappa shape index (κ3) is 8.39. The number of hydrogen-bond donors (Lipinski definition) is 0. The molecule has 0 unspecified atom stereocenters. The van der Waals surface area contributed by atoms with Crippen LogP contribution in [0.4, 0.5) is 0 Å². The average molecular weight is 353 g/mol. The van der Waals surface area contributed by atoms with Crippen LogP contribution < -0.4 is 9.47 Å². The number of ether oxygens (including phenoxy) is 4. The summed E-state index contributed by atoms with van der Waals surface area (Å²) in [6.45, 7) is 5.51. The lowest BCUT2D eigenvalue weighted by atomic mass is 10.3. The molecule has 1 rings (SSSR count).